The summed E-state index contributed by atoms with van der Waals surface area (Å²) in [5.41, 5.74) is 2.67. The Morgan fingerprint density at radius 3 is 2.38 bits per heavy atom. The van der Waals surface area contributed by atoms with Gasteiger partial charge in [0, 0.05) is 11.3 Å². The lowest BCUT2D eigenvalue weighted by Gasteiger charge is -2.34. The molecular formula is C19H22F3N2+. The molecule has 0 saturated carbocycles. The number of hydrogen-bond donors (Lipinski definition) is 1. The molecule has 5 heteroatoms. The maximum atomic E-state index is 12.8. The standard InChI is InChI=1S/C19H21F3N2/c1-15-4-2-5-16(12-15)14-23-8-10-24(11-9-23)18-7-3-6-17(13-18)19(20,21)22/h2-7,12-13H,8-11,14H2,1H3/p+1. The highest BCUT2D eigenvalue weighted by molar-refractivity contribution is 5.49. The van der Waals surface area contributed by atoms with Gasteiger partial charge >= 0.3 is 6.18 Å². The molecule has 0 aliphatic carbocycles. The van der Waals surface area contributed by atoms with E-state index in [9.17, 15) is 13.2 Å². The van der Waals surface area contributed by atoms with Crippen LogP contribution in [0.1, 0.15) is 16.7 Å². The third-order valence-electron chi connectivity index (χ3n) is 4.55. The minimum absolute atomic E-state index is 0.575. The molecule has 1 aliphatic heterocycles. The summed E-state index contributed by atoms with van der Waals surface area (Å²) in [6.07, 6.45) is -4.28. The number of alkyl halides is 3. The van der Waals surface area contributed by atoms with Crippen molar-refractivity contribution in [2.45, 2.75) is 19.6 Å². The normalized spacial score (nSPS) is 16.4. The zero-order chi connectivity index (χ0) is 17.2. The van der Waals surface area contributed by atoms with Crippen LogP contribution in [-0.2, 0) is 12.7 Å². The molecule has 128 valence electrons. The third kappa shape index (κ3) is 4.09. The molecule has 1 heterocycles. The van der Waals surface area contributed by atoms with E-state index in [0.717, 1.165) is 38.8 Å². The zero-order valence-electron chi connectivity index (χ0n) is 13.7. The van der Waals surface area contributed by atoms with Gasteiger partial charge in [0.2, 0.25) is 0 Å². The summed E-state index contributed by atoms with van der Waals surface area (Å²) in [6.45, 7) is 6.49. The Labute approximate surface area is 140 Å². The van der Waals surface area contributed by atoms with Gasteiger partial charge in [-0.3, -0.25) is 0 Å². The van der Waals surface area contributed by atoms with Gasteiger partial charge < -0.3 is 9.80 Å². The first kappa shape index (κ1) is 16.8. The van der Waals surface area contributed by atoms with Gasteiger partial charge in [0.25, 0.3) is 0 Å². The van der Waals surface area contributed by atoms with E-state index in [1.807, 2.05) is 0 Å². The lowest BCUT2D eigenvalue weighted by atomic mass is 10.1. The second-order valence-corrected chi connectivity index (χ2v) is 6.45. The predicted octanol–water partition coefficient (Wildman–Crippen LogP) is 2.92. The molecular weight excluding hydrogens is 313 g/mol. The number of nitrogens with zero attached hydrogens (tertiary/aromatic N) is 1. The Morgan fingerprint density at radius 2 is 1.71 bits per heavy atom. The van der Waals surface area contributed by atoms with Crippen molar-refractivity contribution in [3.8, 4) is 0 Å². The second-order valence-electron chi connectivity index (χ2n) is 6.45. The average molecular weight is 335 g/mol. The molecule has 2 aromatic carbocycles. The lowest BCUT2D eigenvalue weighted by molar-refractivity contribution is -0.914. The Balaban J connectivity index is 1.61. The smallest absolute Gasteiger partial charge is 0.360 e. The number of nitrogens with one attached hydrogen (secondary N) is 1. The first-order valence-electron chi connectivity index (χ1n) is 8.23. The highest BCUT2D eigenvalue weighted by atomic mass is 19.4. The SMILES string of the molecule is Cc1cccc(C[NH+]2CCN(c3cccc(C(F)(F)F)c3)CC2)c1. The summed E-state index contributed by atoms with van der Waals surface area (Å²) in [5, 5.41) is 0. The zero-order valence-corrected chi connectivity index (χ0v) is 13.7. The van der Waals surface area contributed by atoms with E-state index in [4.69, 9.17) is 0 Å². The molecule has 0 spiro atoms. The van der Waals surface area contributed by atoms with E-state index in [0.29, 0.717) is 5.69 Å². The van der Waals surface area contributed by atoms with E-state index < -0.39 is 11.7 Å². The summed E-state index contributed by atoms with van der Waals surface area (Å²) in [7, 11) is 0. The van der Waals surface area contributed by atoms with Crippen LogP contribution in [0.3, 0.4) is 0 Å². The molecule has 0 aromatic heterocycles. The van der Waals surface area contributed by atoms with E-state index in [2.05, 4.69) is 36.1 Å². The minimum Gasteiger partial charge on any atom is -0.360 e. The van der Waals surface area contributed by atoms with Crippen molar-refractivity contribution < 1.29 is 18.1 Å². The van der Waals surface area contributed by atoms with Crippen LogP contribution in [0.25, 0.3) is 0 Å². The van der Waals surface area contributed by atoms with Crippen LogP contribution >= 0.6 is 0 Å². The van der Waals surface area contributed by atoms with Crippen LogP contribution in [0, 0.1) is 6.92 Å². The number of halogens is 3. The maximum Gasteiger partial charge on any atom is 0.416 e. The molecule has 24 heavy (non-hydrogen) atoms. The summed E-state index contributed by atoms with van der Waals surface area (Å²) in [4.78, 5) is 3.53. The molecule has 1 aliphatic rings. The molecule has 2 nitrogen and oxygen atoms in total. The van der Waals surface area contributed by atoms with Gasteiger partial charge in [0.15, 0.2) is 0 Å². The Bertz CT molecular complexity index is 689. The topological polar surface area (TPSA) is 7.68 Å². The Morgan fingerprint density at radius 1 is 1.00 bits per heavy atom. The molecule has 1 saturated heterocycles. The molecule has 3 rings (SSSR count). The van der Waals surface area contributed by atoms with Gasteiger partial charge in [-0.2, -0.15) is 13.2 Å². The largest absolute Gasteiger partial charge is 0.416 e. The number of benzene rings is 2. The summed E-state index contributed by atoms with van der Waals surface area (Å²) in [5.74, 6) is 0. The number of piperazine rings is 1. The van der Waals surface area contributed by atoms with Crippen LogP contribution in [0.2, 0.25) is 0 Å². The molecule has 2 aromatic rings. The van der Waals surface area contributed by atoms with Crippen molar-refractivity contribution in [3.63, 3.8) is 0 Å². The average Bonchev–Trinajstić information content (AvgIpc) is 2.55. The summed E-state index contributed by atoms with van der Waals surface area (Å²) in [6, 6.07) is 14.1. The van der Waals surface area contributed by atoms with Crippen molar-refractivity contribution in [3.05, 3.63) is 65.2 Å². The second kappa shape index (κ2) is 6.85. The van der Waals surface area contributed by atoms with Crippen molar-refractivity contribution in [1.82, 2.24) is 0 Å². The predicted molar refractivity (Wildman–Crippen MR) is 89.2 cm³/mol. The van der Waals surface area contributed by atoms with Crippen LogP contribution in [0.5, 0.6) is 0 Å². The third-order valence-corrected chi connectivity index (χ3v) is 4.55. The van der Waals surface area contributed by atoms with E-state index >= 15 is 0 Å². The van der Waals surface area contributed by atoms with Crippen molar-refractivity contribution in [1.29, 1.82) is 0 Å². The van der Waals surface area contributed by atoms with Crippen molar-refractivity contribution >= 4 is 5.69 Å². The first-order valence-corrected chi connectivity index (χ1v) is 8.23. The van der Waals surface area contributed by atoms with Gasteiger partial charge in [-0.15, -0.1) is 0 Å². The number of quaternary nitrogens is 1. The minimum atomic E-state index is -4.28. The fourth-order valence-electron chi connectivity index (χ4n) is 3.25. The van der Waals surface area contributed by atoms with Crippen LogP contribution in [0.15, 0.2) is 48.5 Å². The van der Waals surface area contributed by atoms with Crippen LogP contribution in [0.4, 0.5) is 18.9 Å². The van der Waals surface area contributed by atoms with Crippen molar-refractivity contribution in [2.24, 2.45) is 0 Å². The number of rotatable bonds is 3. The first-order chi connectivity index (χ1) is 11.4. The molecule has 0 radical (unpaired) electrons. The molecule has 0 amide bonds. The quantitative estimate of drug-likeness (QED) is 0.906. The number of aryl methyl sites for hydroxylation is 1. The number of anilines is 1. The summed E-state index contributed by atoms with van der Waals surface area (Å²) >= 11 is 0. The molecule has 1 fully saturated rings. The molecule has 0 bridgehead atoms. The van der Waals surface area contributed by atoms with Gasteiger partial charge in [0.05, 0.1) is 31.7 Å². The van der Waals surface area contributed by atoms with Crippen LogP contribution in [-0.4, -0.2) is 26.2 Å². The molecule has 0 atom stereocenters. The molecule has 1 N–H and O–H groups in total. The molecule has 0 unspecified atom stereocenters. The number of hydrogen-bond acceptors (Lipinski definition) is 1. The Hall–Kier alpha value is -2.01. The highest BCUT2D eigenvalue weighted by Crippen LogP contribution is 2.31. The van der Waals surface area contributed by atoms with Crippen molar-refractivity contribution in [2.75, 3.05) is 31.1 Å². The van der Waals surface area contributed by atoms with Gasteiger partial charge in [-0.05, 0) is 25.1 Å². The van der Waals surface area contributed by atoms with E-state index in [1.54, 1.807) is 6.07 Å². The lowest BCUT2D eigenvalue weighted by Crippen LogP contribution is -3.13. The van der Waals surface area contributed by atoms with Gasteiger partial charge in [-0.25, -0.2) is 0 Å². The van der Waals surface area contributed by atoms with Crippen LogP contribution < -0.4 is 9.80 Å². The van der Waals surface area contributed by atoms with Gasteiger partial charge in [-0.1, -0.05) is 35.9 Å². The van der Waals surface area contributed by atoms with E-state index in [-0.39, 0.29) is 0 Å². The Kier molecular flexibility index (Phi) is 4.81. The highest BCUT2D eigenvalue weighted by Gasteiger charge is 2.31. The van der Waals surface area contributed by atoms with Gasteiger partial charge in [0.1, 0.15) is 6.54 Å². The fourth-order valence-corrected chi connectivity index (χ4v) is 3.25. The monoisotopic (exact) mass is 335 g/mol. The van der Waals surface area contributed by atoms with E-state index in [1.165, 1.54) is 28.2 Å². The fraction of sp³-hybridized carbons (Fsp3) is 0.368. The maximum absolute atomic E-state index is 12.8. The summed E-state index contributed by atoms with van der Waals surface area (Å²) < 4.78 is 38.5.